The lowest BCUT2D eigenvalue weighted by Gasteiger charge is -2.42. The molecule has 3 saturated heterocycles. The quantitative estimate of drug-likeness (QED) is 0.0173. The molecule has 8 amide bonds. The number of phosphoric ester groups is 1. The summed E-state index contributed by atoms with van der Waals surface area (Å²) >= 11 is 1.29. The summed E-state index contributed by atoms with van der Waals surface area (Å²) in [4.78, 5) is 111. The van der Waals surface area contributed by atoms with Crippen molar-refractivity contribution < 1.29 is 144 Å². The van der Waals surface area contributed by atoms with Gasteiger partial charge in [0.25, 0.3) is 0 Å². The molecule has 4 unspecified atom stereocenters. The molecule has 0 radical (unpaired) electrons. The van der Waals surface area contributed by atoms with Gasteiger partial charge in [0.1, 0.15) is 89.4 Å². The van der Waals surface area contributed by atoms with Gasteiger partial charge in [-0.05, 0) is 57.8 Å². The Morgan fingerprint density at radius 3 is 1.16 bits per heavy atom. The Bertz CT molecular complexity index is 2500. The largest absolute Gasteiger partial charge is 0.481 e. The summed E-state index contributed by atoms with van der Waals surface area (Å²) in [6, 6.07) is -3.21. The first-order valence-electron chi connectivity index (χ1n) is 37.1. The molecular formula is C67H122IN8O30P. The molecule has 0 aromatic carbocycles. The third-order valence-corrected chi connectivity index (χ3v) is 19.6. The summed E-state index contributed by atoms with van der Waals surface area (Å²) in [6.07, 6.45) is -5.57. The van der Waals surface area contributed by atoms with Crippen LogP contribution < -0.4 is 42.5 Å². The second-order valence-electron chi connectivity index (χ2n) is 26.9. The van der Waals surface area contributed by atoms with E-state index in [9.17, 15) is 93.8 Å². The Hall–Kier alpha value is -4.12. The first-order valence-corrected chi connectivity index (χ1v) is 39.5. The van der Waals surface area contributed by atoms with Gasteiger partial charge in [0.15, 0.2) is 18.9 Å². The number of aliphatic hydroxyl groups excluding tert-OH is 9. The molecule has 0 aromatic heterocycles. The number of phosphoric acid groups is 1. The molecule has 622 valence electrons. The van der Waals surface area contributed by atoms with Gasteiger partial charge in [-0.2, -0.15) is 0 Å². The van der Waals surface area contributed by atoms with Crippen molar-refractivity contribution in [1.82, 2.24) is 42.5 Å². The van der Waals surface area contributed by atoms with Crippen molar-refractivity contribution in [1.29, 1.82) is 0 Å². The molecule has 38 nitrogen and oxygen atoms in total. The van der Waals surface area contributed by atoms with E-state index in [0.717, 1.165) is 0 Å². The molecule has 3 aliphatic rings. The number of aliphatic hydroxyl groups is 9. The highest BCUT2D eigenvalue weighted by Gasteiger charge is 2.47. The van der Waals surface area contributed by atoms with E-state index in [0.29, 0.717) is 129 Å². The predicted octanol–water partition coefficient (Wildman–Crippen LogP) is -2.31. The highest BCUT2D eigenvalue weighted by molar-refractivity contribution is 14.1. The van der Waals surface area contributed by atoms with Crippen molar-refractivity contribution >= 4 is 78.1 Å². The Morgan fingerprint density at radius 1 is 0.439 bits per heavy atom. The van der Waals surface area contributed by atoms with Gasteiger partial charge in [0, 0.05) is 105 Å². The molecular weight excluding hydrogens is 1550 g/mol. The lowest BCUT2D eigenvalue weighted by atomic mass is 9.97. The average Bonchev–Trinajstić information content (AvgIpc) is 0.820. The first-order chi connectivity index (χ1) is 51.1. The number of halogens is 1. The van der Waals surface area contributed by atoms with E-state index in [2.05, 4.69) is 45.4 Å². The SMILES string of the molecule is CC(=O)NC1C(OCCCCCCNC(=O)CCOCC(COCCC(=O)NCCCCCCO[C@@H]2O[C@H](CO)[C@H](O)[C@H](O)[C@H]2NC(C)=O)(COCCC(=O)NCCCCCCO[C@@H]2O[C@H](CO)[C@H](O)[C@H](O)[C@H]2NC(C)=O)NC(=O)CCCC(=O)NCCCCCCOP(=O)(O)OI)OCC(O)C[C@H](O)[C@@H]1O. The van der Waals surface area contributed by atoms with Crippen LogP contribution in [0.25, 0.3) is 0 Å². The van der Waals surface area contributed by atoms with Crippen molar-refractivity contribution in [3.63, 3.8) is 0 Å². The zero-order chi connectivity index (χ0) is 79.0. The zero-order valence-corrected chi connectivity index (χ0v) is 65.0. The third kappa shape index (κ3) is 41.8. The third-order valence-electron chi connectivity index (χ3n) is 17.4. The van der Waals surface area contributed by atoms with Crippen LogP contribution in [0.5, 0.6) is 0 Å². The van der Waals surface area contributed by atoms with E-state index >= 15 is 0 Å². The summed E-state index contributed by atoms with van der Waals surface area (Å²) in [5.41, 5.74) is -1.47. The minimum Gasteiger partial charge on any atom is -0.394 e. The molecule has 18 N–H and O–H groups in total. The molecule has 16 atom stereocenters. The van der Waals surface area contributed by atoms with Crippen LogP contribution >= 0.6 is 30.8 Å². The predicted molar refractivity (Wildman–Crippen MR) is 386 cm³/mol. The Balaban J connectivity index is 1.61. The van der Waals surface area contributed by atoms with Gasteiger partial charge in [-0.15, -0.1) is 0 Å². The van der Waals surface area contributed by atoms with Crippen LogP contribution in [0.15, 0.2) is 0 Å². The van der Waals surface area contributed by atoms with E-state index in [4.69, 9.17) is 47.2 Å². The second-order valence-corrected chi connectivity index (χ2v) is 29.4. The van der Waals surface area contributed by atoms with E-state index in [1.807, 2.05) is 0 Å². The fraction of sp³-hybridized carbons (Fsp3) is 0.881. The highest BCUT2D eigenvalue weighted by atomic mass is 127. The lowest BCUT2D eigenvalue weighted by Crippen LogP contribution is -2.64. The standard InChI is InChI=1S/C67H122IN8O30P/c1-44(79)73-56-59(89)48(83)37-47(82)40-102-64(56)99-30-16-8-4-12-27-70-52(85)23-34-96-41-67(76-55(88)22-20-21-51(84)69-26-15-7-11-19-33-103-107(94,95)106-68,42-97-35-24-53(86)71-28-13-5-9-17-31-100-65-57(74-45(2)80)62(92)60(90)49(38-77)104-65)43-98-36-25-54(87)72-29-14-6-10-18-32-101-66-58(75-46(3)81)63(93)61(91)50(39-78)105-66/h47-50,56-66,77-78,82-83,89-93H,4-43H2,1-3H3,(H,69,84)(H,70,85)(H,71,86)(H,72,87)(H,73,79)(H,74,80)(H,75,81)(H,76,88)(H,94,95)/t47?,48-,49+,50+,56?,57+,58+,59-,60-,61-,62+,63+,64?,65+,66+/m0/s1. The van der Waals surface area contributed by atoms with Gasteiger partial charge < -0.3 is 136 Å². The maximum atomic E-state index is 13.9. The number of carbonyl (C=O) groups excluding carboxylic acids is 8. The molecule has 0 bridgehead atoms. The Kier molecular flexibility index (Phi) is 50.9. The lowest BCUT2D eigenvalue weighted by molar-refractivity contribution is -0.270. The second kappa shape index (κ2) is 56.2. The van der Waals surface area contributed by atoms with E-state index in [1.165, 1.54) is 43.8 Å². The van der Waals surface area contributed by atoms with Crippen LogP contribution in [0.3, 0.4) is 0 Å². The molecule has 0 saturated carbocycles. The van der Waals surface area contributed by atoms with Gasteiger partial charge in [0.05, 0.1) is 78.3 Å². The van der Waals surface area contributed by atoms with Crippen molar-refractivity contribution in [3.8, 4) is 0 Å². The smallest absolute Gasteiger partial charge is 0.394 e. The van der Waals surface area contributed by atoms with Crippen LogP contribution in [0, 0.1) is 0 Å². The minimum absolute atomic E-state index is 0.00243. The van der Waals surface area contributed by atoms with E-state index < -0.39 is 142 Å². The molecule has 3 fully saturated rings. The summed E-state index contributed by atoms with van der Waals surface area (Å²) < 4.78 is 73.2. The number of rotatable bonds is 58. The van der Waals surface area contributed by atoms with Gasteiger partial charge in [0.2, 0.25) is 47.3 Å². The zero-order valence-electron chi connectivity index (χ0n) is 61.9. The average molecular weight is 1680 g/mol. The maximum Gasteiger partial charge on any atom is 0.481 e. The monoisotopic (exact) mass is 1680 g/mol. The number of unbranched alkanes of at least 4 members (excludes halogenated alkanes) is 12. The number of carbonyl (C=O) groups is 8. The number of nitrogens with one attached hydrogen (secondary N) is 8. The molecule has 0 aliphatic carbocycles. The molecule has 107 heavy (non-hydrogen) atoms. The molecule has 3 heterocycles. The van der Waals surface area contributed by atoms with Crippen molar-refractivity contribution in [3.05, 3.63) is 0 Å². The Labute approximate surface area is 639 Å². The highest BCUT2D eigenvalue weighted by Crippen LogP contribution is 2.45. The summed E-state index contributed by atoms with van der Waals surface area (Å²) in [6.45, 7) is 3.11. The van der Waals surface area contributed by atoms with E-state index in [-0.39, 0.29) is 141 Å². The van der Waals surface area contributed by atoms with Crippen molar-refractivity contribution in [2.45, 2.75) is 266 Å². The summed E-state index contributed by atoms with van der Waals surface area (Å²) in [7, 11) is -4.08. The van der Waals surface area contributed by atoms with Crippen LogP contribution in [-0.4, -0.2) is 308 Å². The Morgan fingerprint density at radius 2 is 0.785 bits per heavy atom. The van der Waals surface area contributed by atoms with Gasteiger partial charge in [-0.25, -0.2) is 7.42 Å². The van der Waals surface area contributed by atoms with Crippen LogP contribution in [0.1, 0.15) is 168 Å². The molecule has 3 rings (SSSR count). The summed E-state index contributed by atoms with van der Waals surface area (Å²) in [5, 5.41) is 114. The molecule has 0 aromatic rings. The maximum absolute atomic E-state index is 13.9. The van der Waals surface area contributed by atoms with Gasteiger partial charge >= 0.3 is 7.82 Å². The fourth-order valence-corrected chi connectivity index (χ4v) is 12.4. The van der Waals surface area contributed by atoms with Crippen LogP contribution in [0.4, 0.5) is 0 Å². The summed E-state index contributed by atoms with van der Waals surface area (Å²) in [5.74, 6) is -3.22. The number of hydrogen-bond donors (Lipinski definition) is 18. The molecule has 0 spiro atoms. The van der Waals surface area contributed by atoms with Crippen LogP contribution in [0.2, 0.25) is 0 Å². The first kappa shape index (κ1) is 97.1. The molecule has 40 heteroatoms. The topological polar surface area (TPSA) is 554 Å². The van der Waals surface area contributed by atoms with Crippen LogP contribution in [-0.2, 0) is 92.9 Å². The number of amides is 8. The fourth-order valence-electron chi connectivity index (χ4n) is 11.6. The van der Waals surface area contributed by atoms with Gasteiger partial charge in [-0.3, -0.25) is 42.9 Å². The number of ether oxygens (including phenoxy) is 9. The normalized spacial score (nSPS) is 25.3. The van der Waals surface area contributed by atoms with E-state index in [1.54, 1.807) is 0 Å². The van der Waals surface area contributed by atoms with Gasteiger partial charge in [-0.1, -0.05) is 51.4 Å². The van der Waals surface area contributed by atoms with Crippen molar-refractivity contribution in [2.75, 3.05) is 112 Å². The minimum atomic E-state index is -4.08. The number of hydrogen-bond acceptors (Lipinski definition) is 29. The van der Waals surface area contributed by atoms with Crippen molar-refractivity contribution in [2.24, 2.45) is 0 Å². The molecule has 3 aliphatic heterocycles.